The van der Waals surface area contributed by atoms with Crippen molar-refractivity contribution in [2.24, 2.45) is 5.73 Å². The van der Waals surface area contributed by atoms with Crippen molar-refractivity contribution in [1.29, 1.82) is 0 Å². The third-order valence-electron chi connectivity index (χ3n) is 2.40. The standard InChI is InChI=1S/C13H21NO2/c1-11-3-4-12(2)13(9-11)10-16-8-7-15-6-5-14/h3-4,9H,5-8,10,14H2,1-2H3. The van der Waals surface area contributed by atoms with Crippen LogP contribution >= 0.6 is 0 Å². The highest BCUT2D eigenvalue weighted by atomic mass is 16.5. The number of rotatable bonds is 7. The van der Waals surface area contributed by atoms with Gasteiger partial charge in [0.1, 0.15) is 0 Å². The Bertz CT molecular complexity index is 313. The van der Waals surface area contributed by atoms with Gasteiger partial charge in [0.15, 0.2) is 0 Å². The van der Waals surface area contributed by atoms with E-state index in [1.807, 2.05) is 0 Å². The molecule has 0 bridgehead atoms. The molecule has 0 fully saturated rings. The van der Waals surface area contributed by atoms with E-state index >= 15 is 0 Å². The average Bonchev–Trinajstić information content (AvgIpc) is 2.28. The Balaban J connectivity index is 2.23. The molecule has 0 aliphatic heterocycles. The number of nitrogens with two attached hydrogens (primary N) is 1. The molecule has 0 radical (unpaired) electrons. The Morgan fingerprint density at radius 1 is 1.06 bits per heavy atom. The summed E-state index contributed by atoms with van der Waals surface area (Å²) in [5.41, 5.74) is 9.09. The zero-order chi connectivity index (χ0) is 11.8. The highest BCUT2D eigenvalue weighted by molar-refractivity contribution is 5.29. The molecule has 90 valence electrons. The Labute approximate surface area is 97.6 Å². The first kappa shape index (κ1) is 13.2. The molecule has 0 unspecified atom stereocenters. The summed E-state index contributed by atoms with van der Waals surface area (Å²) in [6, 6.07) is 6.40. The summed E-state index contributed by atoms with van der Waals surface area (Å²) in [4.78, 5) is 0. The van der Waals surface area contributed by atoms with E-state index in [1.54, 1.807) is 0 Å². The van der Waals surface area contributed by atoms with E-state index in [1.165, 1.54) is 16.7 Å². The third kappa shape index (κ3) is 4.75. The summed E-state index contributed by atoms with van der Waals surface area (Å²) in [5, 5.41) is 0. The molecule has 0 aromatic heterocycles. The molecule has 3 nitrogen and oxygen atoms in total. The summed E-state index contributed by atoms with van der Waals surface area (Å²) in [7, 11) is 0. The highest BCUT2D eigenvalue weighted by Gasteiger charge is 1.98. The molecule has 0 amide bonds. The lowest BCUT2D eigenvalue weighted by Gasteiger charge is -2.08. The molecule has 16 heavy (non-hydrogen) atoms. The number of hydrogen-bond donors (Lipinski definition) is 1. The van der Waals surface area contributed by atoms with Crippen molar-refractivity contribution < 1.29 is 9.47 Å². The minimum Gasteiger partial charge on any atom is -0.378 e. The van der Waals surface area contributed by atoms with Crippen molar-refractivity contribution in [3.8, 4) is 0 Å². The van der Waals surface area contributed by atoms with E-state index in [4.69, 9.17) is 15.2 Å². The molecular weight excluding hydrogens is 202 g/mol. The van der Waals surface area contributed by atoms with Crippen LogP contribution in [-0.2, 0) is 16.1 Å². The van der Waals surface area contributed by atoms with Crippen molar-refractivity contribution in [2.45, 2.75) is 20.5 Å². The van der Waals surface area contributed by atoms with Gasteiger partial charge >= 0.3 is 0 Å². The summed E-state index contributed by atoms with van der Waals surface area (Å²) < 4.78 is 10.8. The topological polar surface area (TPSA) is 44.5 Å². The summed E-state index contributed by atoms with van der Waals surface area (Å²) in [5.74, 6) is 0. The van der Waals surface area contributed by atoms with Crippen LogP contribution in [0.1, 0.15) is 16.7 Å². The van der Waals surface area contributed by atoms with Crippen LogP contribution in [0.3, 0.4) is 0 Å². The fourth-order valence-electron chi connectivity index (χ4n) is 1.44. The van der Waals surface area contributed by atoms with Crippen LogP contribution in [0, 0.1) is 13.8 Å². The molecule has 0 atom stereocenters. The highest BCUT2D eigenvalue weighted by Crippen LogP contribution is 2.11. The first-order valence-corrected chi connectivity index (χ1v) is 5.65. The SMILES string of the molecule is Cc1ccc(C)c(COCCOCCN)c1. The van der Waals surface area contributed by atoms with Crippen LogP contribution in [0.5, 0.6) is 0 Å². The fourth-order valence-corrected chi connectivity index (χ4v) is 1.44. The summed E-state index contributed by atoms with van der Waals surface area (Å²) >= 11 is 0. The normalized spacial score (nSPS) is 10.7. The smallest absolute Gasteiger partial charge is 0.0720 e. The minimum absolute atomic E-state index is 0.566. The van der Waals surface area contributed by atoms with Gasteiger partial charge in [0.05, 0.1) is 26.4 Å². The molecule has 2 N–H and O–H groups in total. The van der Waals surface area contributed by atoms with Gasteiger partial charge in [0.25, 0.3) is 0 Å². The van der Waals surface area contributed by atoms with Crippen LogP contribution in [-0.4, -0.2) is 26.4 Å². The van der Waals surface area contributed by atoms with Crippen molar-refractivity contribution in [2.75, 3.05) is 26.4 Å². The van der Waals surface area contributed by atoms with Gasteiger partial charge < -0.3 is 15.2 Å². The predicted molar refractivity (Wildman–Crippen MR) is 65.4 cm³/mol. The van der Waals surface area contributed by atoms with Gasteiger partial charge in [-0.15, -0.1) is 0 Å². The zero-order valence-corrected chi connectivity index (χ0v) is 10.2. The van der Waals surface area contributed by atoms with Gasteiger partial charge in [-0.1, -0.05) is 23.8 Å². The van der Waals surface area contributed by atoms with Gasteiger partial charge in [-0.3, -0.25) is 0 Å². The van der Waals surface area contributed by atoms with Gasteiger partial charge in [-0.25, -0.2) is 0 Å². The van der Waals surface area contributed by atoms with Gasteiger partial charge in [-0.05, 0) is 25.0 Å². The lowest BCUT2D eigenvalue weighted by Crippen LogP contribution is -2.12. The lowest BCUT2D eigenvalue weighted by molar-refractivity contribution is 0.0432. The van der Waals surface area contributed by atoms with Crippen LogP contribution in [0.2, 0.25) is 0 Å². The Morgan fingerprint density at radius 3 is 2.56 bits per heavy atom. The van der Waals surface area contributed by atoms with E-state index < -0.39 is 0 Å². The van der Waals surface area contributed by atoms with Crippen LogP contribution in [0.4, 0.5) is 0 Å². The number of benzene rings is 1. The van der Waals surface area contributed by atoms with Crippen molar-refractivity contribution in [3.05, 3.63) is 34.9 Å². The Morgan fingerprint density at radius 2 is 1.81 bits per heavy atom. The molecule has 1 aromatic rings. The average molecular weight is 223 g/mol. The van der Waals surface area contributed by atoms with E-state index in [0.29, 0.717) is 33.0 Å². The maximum Gasteiger partial charge on any atom is 0.0720 e. The van der Waals surface area contributed by atoms with E-state index in [2.05, 4.69) is 32.0 Å². The van der Waals surface area contributed by atoms with Crippen LogP contribution < -0.4 is 5.73 Å². The van der Waals surface area contributed by atoms with E-state index in [-0.39, 0.29) is 0 Å². The molecule has 0 saturated heterocycles. The predicted octanol–water partition coefficient (Wildman–Crippen LogP) is 1.80. The first-order chi connectivity index (χ1) is 7.74. The van der Waals surface area contributed by atoms with Crippen molar-refractivity contribution in [3.63, 3.8) is 0 Å². The van der Waals surface area contributed by atoms with Gasteiger partial charge in [-0.2, -0.15) is 0 Å². The summed E-state index contributed by atoms with van der Waals surface area (Å²) in [6.45, 7) is 7.25. The molecule has 3 heteroatoms. The van der Waals surface area contributed by atoms with Crippen molar-refractivity contribution in [1.82, 2.24) is 0 Å². The first-order valence-electron chi connectivity index (χ1n) is 5.65. The molecule has 0 aliphatic rings. The zero-order valence-electron chi connectivity index (χ0n) is 10.2. The quantitative estimate of drug-likeness (QED) is 0.717. The molecule has 0 aliphatic carbocycles. The van der Waals surface area contributed by atoms with E-state index in [9.17, 15) is 0 Å². The molecule has 1 rings (SSSR count). The fraction of sp³-hybridized carbons (Fsp3) is 0.538. The molecule has 0 saturated carbocycles. The molecule has 0 heterocycles. The number of ether oxygens (including phenoxy) is 2. The van der Waals surface area contributed by atoms with Crippen LogP contribution in [0.25, 0.3) is 0 Å². The second-order valence-corrected chi connectivity index (χ2v) is 3.88. The largest absolute Gasteiger partial charge is 0.378 e. The summed E-state index contributed by atoms with van der Waals surface area (Å²) in [6.07, 6.45) is 0. The van der Waals surface area contributed by atoms with E-state index in [0.717, 1.165) is 0 Å². The Hall–Kier alpha value is -0.900. The number of aryl methyl sites for hydroxylation is 2. The molecule has 1 aromatic carbocycles. The second-order valence-electron chi connectivity index (χ2n) is 3.88. The number of hydrogen-bond acceptors (Lipinski definition) is 3. The van der Waals surface area contributed by atoms with Crippen molar-refractivity contribution >= 4 is 0 Å². The van der Waals surface area contributed by atoms with Crippen LogP contribution in [0.15, 0.2) is 18.2 Å². The molecular formula is C13H21NO2. The monoisotopic (exact) mass is 223 g/mol. The maximum absolute atomic E-state index is 5.54. The lowest BCUT2D eigenvalue weighted by atomic mass is 10.1. The third-order valence-corrected chi connectivity index (χ3v) is 2.40. The second kappa shape index (κ2) is 7.39. The van der Waals surface area contributed by atoms with Gasteiger partial charge in [0.2, 0.25) is 0 Å². The maximum atomic E-state index is 5.54. The molecule has 0 spiro atoms. The minimum atomic E-state index is 0.566. The van der Waals surface area contributed by atoms with Gasteiger partial charge in [0, 0.05) is 6.54 Å². The Kier molecular flexibility index (Phi) is 6.08.